The molecule has 0 spiro atoms. The van der Waals surface area contributed by atoms with Gasteiger partial charge < -0.3 is 10.2 Å². The van der Waals surface area contributed by atoms with E-state index < -0.39 is 0 Å². The van der Waals surface area contributed by atoms with Gasteiger partial charge in [0.1, 0.15) is 5.78 Å². The molecule has 1 saturated carbocycles. The summed E-state index contributed by atoms with van der Waals surface area (Å²) in [5, 5.41) is 2.61. The van der Waals surface area contributed by atoms with Crippen LogP contribution in [0.15, 0.2) is 0 Å². The third kappa shape index (κ3) is 1.41. The Morgan fingerprint density at radius 1 is 1.38 bits per heavy atom. The molecule has 4 nitrogen and oxygen atoms in total. The minimum Gasteiger partial charge on any atom is -0.341 e. The van der Waals surface area contributed by atoms with Gasteiger partial charge in [0.05, 0.1) is 0 Å². The summed E-state index contributed by atoms with van der Waals surface area (Å²) >= 11 is 0. The Morgan fingerprint density at radius 2 is 1.92 bits per heavy atom. The van der Waals surface area contributed by atoms with Gasteiger partial charge in [0.15, 0.2) is 0 Å². The summed E-state index contributed by atoms with van der Waals surface area (Å²) in [7, 11) is 1.64. The highest BCUT2D eigenvalue weighted by molar-refractivity contribution is 5.82. The predicted octanol–water partition coefficient (Wildman–Crippen LogP) is 0.237. The molecule has 2 aliphatic rings. The fraction of sp³-hybridized carbons (Fsp3) is 0.778. The number of carbonyl (C=O) groups is 2. The molecule has 1 aliphatic carbocycles. The fourth-order valence-electron chi connectivity index (χ4n) is 2.39. The molecule has 2 fully saturated rings. The van der Waals surface area contributed by atoms with E-state index in [1.165, 1.54) is 0 Å². The van der Waals surface area contributed by atoms with Crippen molar-refractivity contribution >= 4 is 11.8 Å². The van der Waals surface area contributed by atoms with Crippen molar-refractivity contribution in [2.24, 2.45) is 11.8 Å². The zero-order valence-corrected chi connectivity index (χ0v) is 7.75. The molecule has 1 heterocycles. The van der Waals surface area contributed by atoms with Gasteiger partial charge >= 0.3 is 6.03 Å². The third-order valence-electron chi connectivity index (χ3n) is 3.06. The highest BCUT2D eigenvalue weighted by atomic mass is 16.2. The lowest BCUT2D eigenvalue weighted by Gasteiger charge is -2.15. The van der Waals surface area contributed by atoms with E-state index in [0.29, 0.717) is 30.5 Å². The van der Waals surface area contributed by atoms with Gasteiger partial charge in [-0.2, -0.15) is 0 Å². The maximum atomic E-state index is 11.3. The average molecular weight is 182 g/mol. The smallest absolute Gasteiger partial charge is 0.317 e. The quantitative estimate of drug-likeness (QED) is 0.583. The maximum Gasteiger partial charge on any atom is 0.317 e. The van der Waals surface area contributed by atoms with E-state index in [4.69, 9.17) is 0 Å². The molecule has 2 unspecified atom stereocenters. The molecule has 2 atom stereocenters. The Balaban J connectivity index is 1.97. The van der Waals surface area contributed by atoms with E-state index >= 15 is 0 Å². The van der Waals surface area contributed by atoms with Gasteiger partial charge in [0, 0.05) is 33.0 Å². The number of carbonyl (C=O) groups excluding carboxylic acids is 2. The Hall–Kier alpha value is -1.06. The van der Waals surface area contributed by atoms with Gasteiger partial charge in [-0.3, -0.25) is 4.79 Å². The molecule has 0 aromatic carbocycles. The highest BCUT2D eigenvalue weighted by Gasteiger charge is 2.41. The van der Waals surface area contributed by atoms with Crippen molar-refractivity contribution in [2.75, 3.05) is 20.1 Å². The molecule has 13 heavy (non-hydrogen) atoms. The van der Waals surface area contributed by atoms with Crippen LogP contribution in [-0.2, 0) is 4.79 Å². The Bertz CT molecular complexity index is 236. The number of nitrogens with zero attached hydrogens (tertiary/aromatic N) is 1. The second-order valence-corrected chi connectivity index (χ2v) is 3.93. The van der Waals surface area contributed by atoms with E-state index in [1.807, 2.05) is 4.90 Å². The van der Waals surface area contributed by atoms with Crippen molar-refractivity contribution in [3.8, 4) is 0 Å². The number of amides is 2. The molecule has 4 heteroatoms. The lowest BCUT2D eigenvalue weighted by Crippen LogP contribution is -2.37. The van der Waals surface area contributed by atoms with E-state index in [-0.39, 0.29) is 6.03 Å². The molecule has 1 N–H and O–H groups in total. The molecule has 0 aromatic heterocycles. The molecular formula is C9H14N2O2. The third-order valence-corrected chi connectivity index (χ3v) is 3.06. The zero-order valence-electron chi connectivity index (χ0n) is 7.75. The Labute approximate surface area is 77.3 Å². The molecule has 0 bridgehead atoms. The van der Waals surface area contributed by atoms with Crippen LogP contribution >= 0.6 is 0 Å². The fourth-order valence-corrected chi connectivity index (χ4v) is 2.39. The van der Waals surface area contributed by atoms with E-state index in [2.05, 4.69) is 5.32 Å². The van der Waals surface area contributed by atoms with Crippen LogP contribution in [-0.4, -0.2) is 36.9 Å². The van der Waals surface area contributed by atoms with Crippen LogP contribution in [0.1, 0.15) is 12.8 Å². The lowest BCUT2D eigenvalue weighted by molar-refractivity contribution is -0.117. The van der Waals surface area contributed by atoms with Gasteiger partial charge in [0.25, 0.3) is 0 Å². The SMILES string of the molecule is CNC(=O)N1CC2CC(=O)CC2C1. The van der Waals surface area contributed by atoms with Crippen molar-refractivity contribution in [2.45, 2.75) is 12.8 Å². The Morgan fingerprint density at radius 3 is 2.38 bits per heavy atom. The van der Waals surface area contributed by atoms with Crippen molar-refractivity contribution in [3.63, 3.8) is 0 Å². The molecule has 72 valence electrons. The summed E-state index contributed by atoms with van der Waals surface area (Å²) in [6.07, 6.45) is 1.36. The van der Waals surface area contributed by atoms with E-state index in [1.54, 1.807) is 7.05 Å². The number of likely N-dealkylation sites (tertiary alicyclic amines) is 1. The second kappa shape index (κ2) is 3.01. The average Bonchev–Trinajstić information content (AvgIpc) is 2.59. The molecule has 0 radical (unpaired) electrons. The lowest BCUT2D eigenvalue weighted by atomic mass is 10.0. The zero-order chi connectivity index (χ0) is 9.42. The number of ketones is 1. The summed E-state index contributed by atoms with van der Waals surface area (Å²) < 4.78 is 0. The summed E-state index contributed by atoms with van der Waals surface area (Å²) in [5.74, 6) is 1.24. The monoisotopic (exact) mass is 182 g/mol. The normalized spacial score (nSPS) is 32.1. The standard InChI is InChI=1S/C9H14N2O2/c1-10-9(13)11-4-6-2-8(12)3-7(6)5-11/h6-7H,2-5H2,1H3,(H,10,13). The van der Waals surface area contributed by atoms with Crippen LogP contribution < -0.4 is 5.32 Å². The summed E-state index contributed by atoms with van der Waals surface area (Å²) in [6, 6.07) is -0.0122. The summed E-state index contributed by atoms with van der Waals surface area (Å²) in [4.78, 5) is 24.1. The number of hydrogen-bond acceptors (Lipinski definition) is 2. The first-order valence-electron chi connectivity index (χ1n) is 4.69. The largest absolute Gasteiger partial charge is 0.341 e. The second-order valence-electron chi connectivity index (χ2n) is 3.93. The van der Waals surface area contributed by atoms with Gasteiger partial charge in [-0.15, -0.1) is 0 Å². The number of urea groups is 1. The number of Topliss-reactive ketones (excluding diaryl/α,β-unsaturated/α-hetero) is 1. The number of fused-ring (bicyclic) bond motifs is 1. The van der Waals surface area contributed by atoms with Crippen molar-refractivity contribution < 1.29 is 9.59 Å². The highest BCUT2D eigenvalue weighted by Crippen LogP contribution is 2.35. The van der Waals surface area contributed by atoms with Crippen LogP contribution in [0.2, 0.25) is 0 Å². The summed E-state index contributed by atoms with van der Waals surface area (Å²) in [6.45, 7) is 1.52. The summed E-state index contributed by atoms with van der Waals surface area (Å²) in [5.41, 5.74) is 0. The minimum atomic E-state index is -0.0122. The van der Waals surface area contributed by atoms with Crippen LogP contribution in [0.3, 0.4) is 0 Å². The van der Waals surface area contributed by atoms with Gasteiger partial charge in [0.2, 0.25) is 0 Å². The van der Waals surface area contributed by atoms with Crippen LogP contribution in [0.25, 0.3) is 0 Å². The maximum absolute atomic E-state index is 11.3. The first-order chi connectivity index (χ1) is 6.20. The molecule has 0 aromatic rings. The minimum absolute atomic E-state index is 0.0122. The Kier molecular flexibility index (Phi) is 1.98. The number of hydrogen-bond donors (Lipinski definition) is 1. The molecule has 2 amide bonds. The van der Waals surface area contributed by atoms with Crippen molar-refractivity contribution in [1.82, 2.24) is 10.2 Å². The first-order valence-corrected chi connectivity index (χ1v) is 4.69. The van der Waals surface area contributed by atoms with Gasteiger partial charge in [-0.25, -0.2) is 4.79 Å². The number of nitrogens with one attached hydrogen (secondary N) is 1. The topological polar surface area (TPSA) is 49.4 Å². The van der Waals surface area contributed by atoms with Crippen LogP contribution in [0.5, 0.6) is 0 Å². The van der Waals surface area contributed by atoms with Crippen LogP contribution in [0, 0.1) is 11.8 Å². The van der Waals surface area contributed by atoms with Crippen molar-refractivity contribution in [1.29, 1.82) is 0 Å². The first kappa shape index (κ1) is 8.53. The molecule has 1 aliphatic heterocycles. The van der Waals surface area contributed by atoms with E-state index in [0.717, 1.165) is 13.1 Å². The predicted molar refractivity (Wildman–Crippen MR) is 47.2 cm³/mol. The van der Waals surface area contributed by atoms with Crippen molar-refractivity contribution in [3.05, 3.63) is 0 Å². The van der Waals surface area contributed by atoms with Gasteiger partial charge in [-0.1, -0.05) is 0 Å². The van der Waals surface area contributed by atoms with Gasteiger partial charge in [-0.05, 0) is 11.8 Å². The molecule has 2 rings (SSSR count). The number of rotatable bonds is 0. The molecular weight excluding hydrogens is 168 g/mol. The van der Waals surface area contributed by atoms with Crippen LogP contribution in [0.4, 0.5) is 4.79 Å². The van der Waals surface area contributed by atoms with E-state index in [9.17, 15) is 9.59 Å². The molecule has 1 saturated heterocycles.